The zero-order valence-corrected chi connectivity index (χ0v) is 16.0. The molecule has 0 aliphatic rings. The van der Waals surface area contributed by atoms with Crippen LogP contribution in [-0.4, -0.2) is 31.6 Å². The fraction of sp³-hybridized carbons (Fsp3) is 0.286. The van der Waals surface area contributed by atoms with E-state index in [2.05, 4.69) is 20.6 Å². The standard InChI is InChI=1S/C21H24F2N4O/c1-24-21(27-11-14-3-6-19(23)16(9-14)13-28-2)25-8-7-15-12-26-20-10-17(22)4-5-18(15)20/h3-6,9-10,12,26H,7-8,11,13H2,1-2H3,(H2,24,25,27). The van der Waals surface area contributed by atoms with Crippen LogP contribution in [0.25, 0.3) is 10.9 Å². The number of nitrogens with zero attached hydrogens (tertiary/aromatic N) is 1. The molecule has 1 heterocycles. The van der Waals surface area contributed by atoms with Crippen molar-refractivity contribution in [2.24, 2.45) is 4.99 Å². The van der Waals surface area contributed by atoms with Gasteiger partial charge in [0, 0.05) is 49.9 Å². The maximum absolute atomic E-state index is 13.7. The summed E-state index contributed by atoms with van der Waals surface area (Å²) in [6, 6.07) is 9.71. The number of hydrogen-bond acceptors (Lipinski definition) is 2. The molecule has 2 aromatic carbocycles. The Kier molecular flexibility index (Phi) is 6.60. The molecule has 0 spiro atoms. The molecule has 0 saturated heterocycles. The molecule has 5 nitrogen and oxygen atoms in total. The lowest BCUT2D eigenvalue weighted by atomic mass is 10.1. The van der Waals surface area contributed by atoms with E-state index in [1.165, 1.54) is 18.2 Å². The van der Waals surface area contributed by atoms with Gasteiger partial charge in [-0.15, -0.1) is 0 Å². The lowest BCUT2D eigenvalue weighted by Crippen LogP contribution is -2.37. The number of guanidine groups is 1. The first-order valence-electron chi connectivity index (χ1n) is 9.07. The van der Waals surface area contributed by atoms with E-state index < -0.39 is 0 Å². The number of aromatic nitrogens is 1. The number of rotatable bonds is 7. The van der Waals surface area contributed by atoms with Gasteiger partial charge in [-0.3, -0.25) is 4.99 Å². The molecule has 0 fully saturated rings. The van der Waals surface area contributed by atoms with Crippen LogP contribution in [0.4, 0.5) is 8.78 Å². The predicted octanol–water partition coefficient (Wildman–Crippen LogP) is 3.50. The van der Waals surface area contributed by atoms with Gasteiger partial charge in [-0.1, -0.05) is 6.07 Å². The molecular formula is C21H24F2N4O. The van der Waals surface area contributed by atoms with Crippen molar-refractivity contribution in [2.45, 2.75) is 19.6 Å². The van der Waals surface area contributed by atoms with Crippen molar-refractivity contribution in [3.8, 4) is 0 Å². The average molecular weight is 386 g/mol. The molecule has 3 N–H and O–H groups in total. The first-order valence-corrected chi connectivity index (χ1v) is 9.07. The summed E-state index contributed by atoms with van der Waals surface area (Å²) < 4.78 is 32.0. The number of nitrogens with one attached hydrogen (secondary N) is 3. The van der Waals surface area contributed by atoms with Crippen molar-refractivity contribution in [2.75, 3.05) is 20.7 Å². The highest BCUT2D eigenvalue weighted by molar-refractivity contribution is 5.83. The molecule has 0 aliphatic heterocycles. The van der Waals surface area contributed by atoms with Gasteiger partial charge in [-0.2, -0.15) is 0 Å². The Hall–Kier alpha value is -2.93. The van der Waals surface area contributed by atoms with Gasteiger partial charge in [0.25, 0.3) is 0 Å². The molecule has 0 amide bonds. The molecule has 28 heavy (non-hydrogen) atoms. The Labute approximate surface area is 162 Å². The summed E-state index contributed by atoms with van der Waals surface area (Å²) in [6.07, 6.45) is 2.67. The topological polar surface area (TPSA) is 61.4 Å². The Morgan fingerprint density at radius 2 is 1.96 bits per heavy atom. The van der Waals surface area contributed by atoms with Crippen LogP contribution in [0.2, 0.25) is 0 Å². The average Bonchev–Trinajstić information content (AvgIpc) is 3.09. The quantitative estimate of drug-likeness (QED) is 0.430. The zero-order valence-electron chi connectivity index (χ0n) is 16.0. The van der Waals surface area contributed by atoms with Crippen LogP contribution >= 0.6 is 0 Å². The van der Waals surface area contributed by atoms with Crippen molar-refractivity contribution in [1.29, 1.82) is 0 Å². The minimum atomic E-state index is -0.272. The molecule has 0 aliphatic carbocycles. The summed E-state index contributed by atoms with van der Waals surface area (Å²) in [6.45, 7) is 1.42. The van der Waals surface area contributed by atoms with Crippen molar-refractivity contribution in [3.05, 3.63) is 70.9 Å². The predicted molar refractivity (Wildman–Crippen MR) is 107 cm³/mol. The Balaban J connectivity index is 1.53. The molecular weight excluding hydrogens is 362 g/mol. The maximum atomic E-state index is 13.7. The van der Waals surface area contributed by atoms with Crippen LogP contribution in [0.1, 0.15) is 16.7 Å². The Morgan fingerprint density at radius 3 is 2.75 bits per heavy atom. The second kappa shape index (κ2) is 9.32. The molecule has 0 atom stereocenters. The highest BCUT2D eigenvalue weighted by Crippen LogP contribution is 2.19. The largest absolute Gasteiger partial charge is 0.380 e. The first kappa shape index (κ1) is 19.8. The van der Waals surface area contributed by atoms with Gasteiger partial charge in [-0.25, -0.2) is 8.78 Å². The van der Waals surface area contributed by atoms with Crippen LogP contribution in [-0.2, 0) is 24.3 Å². The summed E-state index contributed by atoms with van der Waals surface area (Å²) in [5, 5.41) is 7.49. The molecule has 0 bridgehead atoms. The fourth-order valence-electron chi connectivity index (χ4n) is 3.09. The lowest BCUT2D eigenvalue weighted by Gasteiger charge is -2.12. The van der Waals surface area contributed by atoms with E-state index in [-0.39, 0.29) is 18.2 Å². The Morgan fingerprint density at radius 1 is 1.11 bits per heavy atom. The smallest absolute Gasteiger partial charge is 0.191 e. The molecule has 0 unspecified atom stereocenters. The van der Waals surface area contributed by atoms with Crippen molar-refractivity contribution in [3.63, 3.8) is 0 Å². The molecule has 1 aromatic heterocycles. The van der Waals surface area contributed by atoms with Gasteiger partial charge < -0.3 is 20.4 Å². The maximum Gasteiger partial charge on any atom is 0.191 e. The van der Waals surface area contributed by atoms with E-state index in [0.29, 0.717) is 24.6 Å². The molecule has 148 valence electrons. The van der Waals surface area contributed by atoms with Crippen LogP contribution < -0.4 is 10.6 Å². The molecule has 0 saturated carbocycles. The normalized spacial score (nSPS) is 11.8. The van der Waals surface area contributed by atoms with Crippen LogP contribution in [0.15, 0.2) is 47.6 Å². The third-order valence-corrected chi connectivity index (χ3v) is 4.51. The summed E-state index contributed by atoms with van der Waals surface area (Å²) in [4.78, 5) is 7.30. The highest BCUT2D eigenvalue weighted by Gasteiger charge is 2.07. The van der Waals surface area contributed by atoms with E-state index in [4.69, 9.17) is 4.74 Å². The van der Waals surface area contributed by atoms with E-state index in [0.717, 1.165) is 28.5 Å². The number of halogens is 2. The number of aromatic amines is 1. The van der Waals surface area contributed by atoms with Gasteiger partial charge in [0.1, 0.15) is 11.6 Å². The van der Waals surface area contributed by atoms with E-state index in [9.17, 15) is 8.78 Å². The summed E-state index contributed by atoms with van der Waals surface area (Å²) >= 11 is 0. The van der Waals surface area contributed by atoms with Gasteiger partial charge in [0.15, 0.2) is 5.96 Å². The van der Waals surface area contributed by atoms with E-state index >= 15 is 0 Å². The number of hydrogen-bond donors (Lipinski definition) is 3. The molecule has 7 heteroatoms. The highest BCUT2D eigenvalue weighted by atomic mass is 19.1. The number of ether oxygens (including phenoxy) is 1. The van der Waals surface area contributed by atoms with Gasteiger partial charge in [0.05, 0.1) is 6.61 Å². The number of fused-ring (bicyclic) bond motifs is 1. The van der Waals surface area contributed by atoms with Crippen molar-refractivity contribution < 1.29 is 13.5 Å². The van der Waals surface area contributed by atoms with Gasteiger partial charge in [-0.05, 0) is 47.9 Å². The lowest BCUT2D eigenvalue weighted by molar-refractivity contribution is 0.181. The third kappa shape index (κ3) is 4.86. The first-order chi connectivity index (χ1) is 13.6. The minimum Gasteiger partial charge on any atom is -0.380 e. The van der Waals surface area contributed by atoms with Crippen molar-refractivity contribution >= 4 is 16.9 Å². The molecule has 3 aromatic rings. The van der Waals surface area contributed by atoms with Crippen LogP contribution in [0, 0.1) is 11.6 Å². The summed E-state index contributed by atoms with van der Waals surface area (Å²) in [7, 11) is 3.24. The fourth-order valence-corrected chi connectivity index (χ4v) is 3.09. The second-order valence-corrected chi connectivity index (χ2v) is 6.47. The zero-order chi connectivity index (χ0) is 19.9. The van der Waals surface area contributed by atoms with Crippen LogP contribution in [0.3, 0.4) is 0 Å². The summed E-state index contributed by atoms with van der Waals surface area (Å²) in [5.74, 6) is 0.133. The van der Waals surface area contributed by atoms with E-state index in [1.54, 1.807) is 32.4 Å². The van der Waals surface area contributed by atoms with Crippen molar-refractivity contribution in [1.82, 2.24) is 15.6 Å². The SMILES string of the molecule is CN=C(NCCc1c[nH]c2cc(F)ccc12)NCc1ccc(F)c(COC)c1. The number of benzene rings is 2. The van der Waals surface area contributed by atoms with Gasteiger partial charge in [0.2, 0.25) is 0 Å². The van der Waals surface area contributed by atoms with E-state index in [1.807, 2.05) is 6.20 Å². The molecule has 0 radical (unpaired) electrons. The van der Waals surface area contributed by atoms with Gasteiger partial charge >= 0.3 is 0 Å². The Bertz CT molecular complexity index is 968. The number of aliphatic imine (C=N–C) groups is 1. The monoisotopic (exact) mass is 386 g/mol. The number of H-pyrrole nitrogens is 1. The minimum absolute atomic E-state index is 0.237. The number of methoxy groups -OCH3 is 1. The second-order valence-electron chi connectivity index (χ2n) is 6.47. The van der Waals surface area contributed by atoms with Crippen LogP contribution in [0.5, 0.6) is 0 Å². The molecule has 3 rings (SSSR count). The summed E-state index contributed by atoms with van der Waals surface area (Å²) in [5.41, 5.74) is 3.37. The third-order valence-electron chi connectivity index (χ3n) is 4.51.